The topological polar surface area (TPSA) is 7.76 Å². The molecular formula is C22H28N2+2. The second-order valence-electron chi connectivity index (χ2n) is 6.55. The molecule has 0 bridgehead atoms. The summed E-state index contributed by atoms with van der Waals surface area (Å²) in [6.45, 7) is 10.4. The van der Waals surface area contributed by atoms with E-state index in [0.717, 1.165) is 13.1 Å². The fourth-order valence-corrected chi connectivity index (χ4v) is 2.17. The van der Waals surface area contributed by atoms with Gasteiger partial charge in [-0.2, -0.15) is 0 Å². The van der Waals surface area contributed by atoms with E-state index in [1.54, 1.807) is 0 Å². The molecule has 0 aliphatic carbocycles. The van der Waals surface area contributed by atoms with E-state index in [1.165, 1.54) is 22.3 Å². The highest BCUT2D eigenvalue weighted by Gasteiger charge is 1.99. The number of nitrogens with zero attached hydrogens (tertiary/aromatic N) is 2. The summed E-state index contributed by atoms with van der Waals surface area (Å²) in [4.78, 5) is 0. The van der Waals surface area contributed by atoms with Crippen LogP contribution in [0.1, 0.15) is 38.8 Å². The van der Waals surface area contributed by atoms with Gasteiger partial charge in [0, 0.05) is 24.3 Å². The normalized spacial score (nSPS) is 10.7. The summed E-state index contributed by atoms with van der Waals surface area (Å²) in [5, 5.41) is 0. The minimum atomic E-state index is 0.927. The predicted octanol–water partition coefficient (Wildman–Crippen LogP) is 4.36. The van der Waals surface area contributed by atoms with Crippen molar-refractivity contribution in [2.45, 2.75) is 40.8 Å². The van der Waals surface area contributed by atoms with Crippen molar-refractivity contribution >= 4 is 12.2 Å². The lowest BCUT2D eigenvalue weighted by Gasteiger charge is -1.96. The number of pyridine rings is 2. The van der Waals surface area contributed by atoms with E-state index >= 15 is 0 Å². The molecule has 2 heteroatoms. The third-order valence-corrected chi connectivity index (χ3v) is 3.72. The SMILES string of the molecule is CC(C)=CC[n+]1ccc(/C=C/c2cc[n+](CC=C(C)C)cc2)cc1. The zero-order valence-corrected chi connectivity index (χ0v) is 15.2. The van der Waals surface area contributed by atoms with Crippen LogP contribution in [0.5, 0.6) is 0 Å². The second-order valence-corrected chi connectivity index (χ2v) is 6.55. The molecule has 2 aromatic rings. The Bertz CT molecular complexity index is 659. The molecule has 0 aromatic carbocycles. The van der Waals surface area contributed by atoms with Gasteiger partial charge >= 0.3 is 0 Å². The van der Waals surface area contributed by atoms with Crippen LogP contribution in [-0.4, -0.2) is 0 Å². The molecule has 0 aliphatic heterocycles. The van der Waals surface area contributed by atoms with Crippen molar-refractivity contribution in [3.05, 3.63) is 83.5 Å². The minimum Gasteiger partial charge on any atom is -0.201 e. The Hall–Kier alpha value is -2.48. The van der Waals surface area contributed by atoms with Gasteiger partial charge in [-0.15, -0.1) is 0 Å². The summed E-state index contributed by atoms with van der Waals surface area (Å²) < 4.78 is 4.36. The van der Waals surface area contributed by atoms with Crippen molar-refractivity contribution in [3.63, 3.8) is 0 Å². The van der Waals surface area contributed by atoms with Crippen molar-refractivity contribution in [1.82, 2.24) is 0 Å². The lowest BCUT2D eigenvalue weighted by atomic mass is 10.2. The van der Waals surface area contributed by atoms with Crippen molar-refractivity contribution < 1.29 is 9.13 Å². The predicted molar refractivity (Wildman–Crippen MR) is 101 cm³/mol. The van der Waals surface area contributed by atoms with Crippen LogP contribution >= 0.6 is 0 Å². The van der Waals surface area contributed by atoms with Gasteiger partial charge in [0.05, 0.1) is 0 Å². The molecule has 2 aromatic heterocycles. The highest BCUT2D eigenvalue weighted by Crippen LogP contribution is 2.05. The Morgan fingerprint density at radius 1 is 0.667 bits per heavy atom. The Kier molecular flexibility index (Phi) is 6.68. The van der Waals surface area contributed by atoms with Crippen LogP contribution in [0, 0.1) is 0 Å². The number of aromatic nitrogens is 2. The zero-order valence-electron chi connectivity index (χ0n) is 15.2. The van der Waals surface area contributed by atoms with E-state index in [0.29, 0.717) is 0 Å². The first kappa shape index (κ1) is 17.9. The van der Waals surface area contributed by atoms with Crippen molar-refractivity contribution in [2.75, 3.05) is 0 Å². The number of rotatable bonds is 6. The Morgan fingerprint density at radius 2 is 1.00 bits per heavy atom. The molecule has 24 heavy (non-hydrogen) atoms. The third-order valence-electron chi connectivity index (χ3n) is 3.72. The van der Waals surface area contributed by atoms with Crippen LogP contribution in [-0.2, 0) is 13.1 Å². The summed E-state index contributed by atoms with van der Waals surface area (Å²) in [6.07, 6.45) is 17.2. The van der Waals surface area contributed by atoms with Gasteiger partial charge in [-0.1, -0.05) is 23.3 Å². The van der Waals surface area contributed by atoms with Crippen LogP contribution in [0.15, 0.2) is 72.4 Å². The van der Waals surface area contributed by atoms with E-state index < -0.39 is 0 Å². The average Bonchev–Trinajstić information content (AvgIpc) is 2.58. The molecule has 0 saturated heterocycles. The molecule has 0 atom stereocenters. The monoisotopic (exact) mass is 320 g/mol. The lowest BCUT2D eigenvalue weighted by Crippen LogP contribution is -2.31. The van der Waals surface area contributed by atoms with Gasteiger partial charge in [-0.05, 0) is 51.0 Å². The van der Waals surface area contributed by atoms with Gasteiger partial charge in [-0.25, -0.2) is 9.13 Å². The van der Waals surface area contributed by atoms with E-state index in [2.05, 4.69) is 110 Å². The standard InChI is InChI=1S/C22H28N2/c1-19(2)7-13-23-15-9-21(10-16-23)5-6-22-11-17-24(18-12-22)14-8-20(3)4/h5-12,15-18H,13-14H2,1-4H3/q+2/b6-5+. The number of hydrogen-bond donors (Lipinski definition) is 0. The van der Waals surface area contributed by atoms with Gasteiger partial charge < -0.3 is 0 Å². The van der Waals surface area contributed by atoms with Gasteiger partial charge in [0.2, 0.25) is 0 Å². The molecule has 0 N–H and O–H groups in total. The number of allylic oxidation sites excluding steroid dienone is 4. The summed E-state index contributed by atoms with van der Waals surface area (Å²) in [7, 11) is 0. The molecule has 0 unspecified atom stereocenters. The molecule has 0 spiro atoms. The van der Waals surface area contributed by atoms with Gasteiger partial charge in [0.25, 0.3) is 0 Å². The third kappa shape index (κ3) is 6.33. The zero-order chi connectivity index (χ0) is 17.4. The first-order valence-corrected chi connectivity index (χ1v) is 8.46. The van der Waals surface area contributed by atoms with Crippen molar-refractivity contribution in [3.8, 4) is 0 Å². The maximum absolute atomic E-state index is 2.23. The Labute approximate surface area is 146 Å². The lowest BCUT2D eigenvalue weighted by molar-refractivity contribution is -0.687. The van der Waals surface area contributed by atoms with Crippen molar-refractivity contribution in [1.29, 1.82) is 0 Å². The van der Waals surface area contributed by atoms with Crippen LogP contribution in [0.4, 0.5) is 0 Å². The van der Waals surface area contributed by atoms with Gasteiger partial charge in [-0.3, -0.25) is 0 Å². The summed E-state index contributed by atoms with van der Waals surface area (Å²) in [6, 6.07) is 8.58. The van der Waals surface area contributed by atoms with Gasteiger partial charge in [0.15, 0.2) is 37.9 Å². The highest BCUT2D eigenvalue weighted by molar-refractivity contribution is 5.68. The van der Waals surface area contributed by atoms with E-state index in [-0.39, 0.29) is 0 Å². The van der Waals surface area contributed by atoms with Crippen LogP contribution in [0.2, 0.25) is 0 Å². The van der Waals surface area contributed by atoms with Gasteiger partial charge in [0.1, 0.15) is 0 Å². The molecule has 0 radical (unpaired) electrons. The quantitative estimate of drug-likeness (QED) is 0.552. The molecule has 2 rings (SSSR count). The van der Waals surface area contributed by atoms with Crippen molar-refractivity contribution in [2.24, 2.45) is 0 Å². The molecule has 2 nitrogen and oxygen atoms in total. The van der Waals surface area contributed by atoms with Crippen LogP contribution < -0.4 is 9.13 Å². The maximum Gasteiger partial charge on any atom is 0.169 e. The Balaban J connectivity index is 1.97. The van der Waals surface area contributed by atoms with E-state index in [4.69, 9.17) is 0 Å². The smallest absolute Gasteiger partial charge is 0.169 e. The summed E-state index contributed by atoms with van der Waals surface area (Å²) in [5.41, 5.74) is 5.11. The summed E-state index contributed by atoms with van der Waals surface area (Å²) >= 11 is 0. The Morgan fingerprint density at radius 3 is 1.29 bits per heavy atom. The molecule has 2 heterocycles. The summed E-state index contributed by atoms with van der Waals surface area (Å²) in [5.74, 6) is 0. The first-order chi connectivity index (χ1) is 11.5. The molecular weight excluding hydrogens is 292 g/mol. The largest absolute Gasteiger partial charge is 0.201 e. The van der Waals surface area contributed by atoms with Crippen LogP contribution in [0.3, 0.4) is 0 Å². The number of hydrogen-bond acceptors (Lipinski definition) is 0. The second kappa shape index (κ2) is 8.97. The molecule has 124 valence electrons. The van der Waals surface area contributed by atoms with Crippen LogP contribution in [0.25, 0.3) is 12.2 Å². The molecule has 0 fully saturated rings. The maximum atomic E-state index is 2.23. The fraction of sp³-hybridized carbons (Fsp3) is 0.273. The fourth-order valence-electron chi connectivity index (χ4n) is 2.17. The molecule has 0 aliphatic rings. The highest BCUT2D eigenvalue weighted by atomic mass is 14.9. The average molecular weight is 320 g/mol. The molecule has 0 amide bonds. The van der Waals surface area contributed by atoms with E-state index in [9.17, 15) is 0 Å². The van der Waals surface area contributed by atoms with E-state index in [1.807, 2.05) is 0 Å². The molecule has 0 saturated carbocycles. The first-order valence-electron chi connectivity index (χ1n) is 8.46. The minimum absolute atomic E-state index is 0.927.